The average molecular weight is 180 g/mol. The van der Waals surface area contributed by atoms with Gasteiger partial charge in [0.05, 0.1) is 19.5 Å². The molecule has 66 valence electrons. The number of hydrogen-bond donors (Lipinski definition) is 0. The molecule has 0 N–H and O–H groups in total. The predicted octanol–water partition coefficient (Wildman–Crippen LogP) is -0.00250. The number of ether oxygens (including phenoxy) is 1. The van der Waals surface area contributed by atoms with Crippen LogP contribution in [0.5, 0.6) is 0 Å². The van der Waals surface area contributed by atoms with Crippen LogP contribution >= 0.6 is 0 Å². The first-order valence-electron chi connectivity index (χ1n) is 3.45. The summed E-state index contributed by atoms with van der Waals surface area (Å²) in [6.45, 7) is 2.87. The van der Waals surface area contributed by atoms with Crippen LogP contribution in [-0.4, -0.2) is 34.0 Å². The van der Waals surface area contributed by atoms with Crippen LogP contribution in [0.15, 0.2) is 0 Å². The first kappa shape index (κ1) is 8.96. The lowest BCUT2D eigenvalue weighted by Crippen LogP contribution is -2.23. The van der Waals surface area contributed by atoms with Crippen LogP contribution in [-0.2, 0) is 19.0 Å². The summed E-state index contributed by atoms with van der Waals surface area (Å²) < 4.78 is 31.1. The maximum atomic E-state index is 10.7. The summed E-state index contributed by atoms with van der Waals surface area (Å²) in [5, 5.41) is 0. The zero-order valence-corrected chi connectivity index (χ0v) is 7.43. The summed E-state index contributed by atoms with van der Waals surface area (Å²) in [6.07, 6.45) is 0.767. The molecular formula is C6H12O4S. The summed E-state index contributed by atoms with van der Waals surface area (Å²) in [4.78, 5) is 0. The molecule has 1 rings (SSSR count). The Labute approximate surface area is 66.6 Å². The van der Waals surface area contributed by atoms with Crippen LogP contribution in [0.2, 0.25) is 0 Å². The zero-order valence-electron chi connectivity index (χ0n) is 6.61. The predicted molar refractivity (Wildman–Crippen MR) is 39.7 cm³/mol. The summed E-state index contributed by atoms with van der Waals surface area (Å²) in [6, 6.07) is 0. The molecular weight excluding hydrogens is 168 g/mol. The topological polar surface area (TPSA) is 52.6 Å². The molecule has 1 saturated heterocycles. The fourth-order valence-electron chi connectivity index (χ4n) is 0.989. The summed E-state index contributed by atoms with van der Waals surface area (Å²) >= 11 is 0. The standard InChI is InChI=1S/C6H12O4S/c1-5-3-9-4-6(5)10-11(2,7)8/h5-6H,3-4H2,1-2H3. The van der Waals surface area contributed by atoms with Gasteiger partial charge in [-0.25, -0.2) is 0 Å². The van der Waals surface area contributed by atoms with Crippen LogP contribution < -0.4 is 0 Å². The van der Waals surface area contributed by atoms with Crippen molar-refractivity contribution in [1.82, 2.24) is 0 Å². The molecule has 0 aromatic carbocycles. The molecule has 5 heteroatoms. The molecule has 4 nitrogen and oxygen atoms in total. The highest BCUT2D eigenvalue weighted by Gasteiger charge is 2.28. The van der Waals surface area contributed by atoms with E-state index in [4.69, 9.17) is 8.92 Å². The van der Waals surface area contributed by atoms with Gasteiger partial charge in [0.25, 0.3) is 10.1 Å². The third kappa shape index (κ3) is 2.76. The fourth-order valence-corrected chi connectivity index (χ4v) is 1.68. The van der Waals surface area contributed by atoms with Gasteiger partial charge in [-0.2, -0.15) is 8.42 Å². The third-order valence-electron chi connectivity index (χ3n) is 1.60. The normalized spacial score (nSPS) is 32.5. The van der Waals surface area contributed by atoms with Gasteiger partial charge in [0.1, 0.15) is 6.10 Å². The number of hydrogen-bond acceptors (Lipinski definition) is 4. The second-order valence-corrected chi connectivity index (χ2v) is 4.45. The van der Waals surface area contributed by atoms with Gasteiger partial charge >= 0.3 is 0 Å². The Bertz CT molecular complexity index is 221. The van der Waals surface area contributed by atoms with Crippen molar-refractivity contribution in [2.24, 2.45) is 5.92 Å². The Balaban J connectivity index is 2.50. The second kappa shape index (κ2) is 3.08. The van der Waals surface area contributed by atoms with E-state index in [9.17, 15) is 8.42 Å². The van der Waals surface area contributed by atoms with Crippen molar-refractivity contribution in [2.75, 3.05) is 19.5 Å². The van der Waals surface area contributed by atoms with Gasteiger partial charge in [-0.15, -0.1) is 0 Å². The van der Waals surface area contributed by atoms with Crippen LogP contribution in [0.1, 0.15) is 6.92 Å². The molecule has 0 bridgehead atoms. The van der Waals surface area contributed by atoms with E-state index in [-0.39, 0.29) is 12.0 Å². The molecule has 2 unspecified atom stereocenters. The highest BCUT2D eigenvalue weighted by Crippen LogP contribution is 2.17. The van der Waals surface area contributed by atoms with Gasteiger partial charge < -0.3 is 4.74 Å². The van der Waals surface area contributed by atoms with Gasteiger partial charge in [-0.1, -0.05) is 6.92 Å². The molecule has 0 aromatic rings. The van der Waals surface area contributed by atoms with E-state index in [0.29, 0.717) is 13.2 Å². The van der Waals surface area contributed by atoms with Crippen LogP contribution in [0.25, 0.3) is 0 Å². The molecule has 1 fully saturated rings. The Morgan fingerprint density at radius 2 is 2.09 bits per heavy atom. The molecule has 0 aromatic heterocycles. The van der Waals surface area contributed by atoms with E-state index < -0.39 is 10.1 Å². The first-order chi connectivity index (χ1) is 4.99. The van der Waals surface area contributed by atoms with E-state index in [1.54, 1.807) is 0 Å². The van der Waals surface area contributed by atoms with Crippen molar-refractivity contribution in [3.63, 3.8) is 0 Å². The van der Waals surface area contributed by atoms with E-state index >= 15 is 0 Å². The molecule has 11 heavy (non-hydrogen) atoms. The van der Waals surface area contributed by atoms with Crippen molar-refractivity contribution < 1.29 is 17.3 Å². The maximum absolute atomic E-state index is 10.7. The monoisotopic (exact) mass is 180 g/mol. The smallest absolute Gasteiger partial charge is 0.264 e. The highest BCUT2D eigenvalue weighted by atomic mass is 32.2. The second-order valence-electron chi connectivity index (χ2n) is 2.85. The van der Waals surface area contributed by atoms with Crippen LogP contribution in [0, 0.1) is 5.92 Å². The van der Waals surface area contributed by atoms with Crippen LogP contribution in [0.3, 0.4) is 0 Å². The average Bonchev–Trinajstić information content (AvgIpc) is 2.12. The third-order valence-corrected chi connectivity index (χ3v) is 2.19. The van der Waals surface area contributed by atoms with Crippen molar-refractivity contribution in [1.29, 1.82) is 0 Å². The molecule has 1 aliphatic heterocycles. The number of rotatable bonds is 2. The van der Waals surface area contributed by atoms with E-state index in [0.717, 1.165) is 6.26 Å². The molecule has 2 atom stereocenters. The van der Waals surface area contributed by atoms with Gasteiger partial charge in [0.2, 0.25) is 0 Å². The van der Waals surface area contributed by atoms with Crippen LogP contribution in [0.4, 0.5) is 0 Å². The Kier molecular flexibility index (Phi) is 2.51. The molecule has 1 aliphatic rings. The molecule has 0 saturated carbocycles. The molecule has 0 radical (unpaired) electrons. The maximum Gasteiger partial charge on any atom is 0.264 e. The Morgan fingerprint density at radius 3 is 2.45 bits per heavy atom. The highest BCUT2D eigenvalue weighted by molar-refractivity contribution is 7.86. The summed E-state index contributed by atoms with van der Waals surface area (Å²) in [5.74, 6) is 0.171. The van der Waals surface area contributed by atoms with Gasteiger partial charge in [-0.3, -0.25) is 4.18 Å². The molecule has 0 aliphatic carbocycles. The van der Waals surface area contributed by atoms with E-state index in [1.807, 2.05) is 6.92 Å². The molecule has 1 heterocycles. The lowest BCUT2D eigenvalue weighted by Gasteiger charge is -2.11. The SMILES string of the molecule is CC1COCC1OS(C)(=O)=O. The van der Waals surface area contributed by atoms with E-state index in [1.165, 1.54) is 0 Å². The van der Waals surface area contributed by atoms with Crippen molar-refractivity contribution in [3.05, 3.63) is 0 Å². The zero-order chi connectivity index (χ0) is 8.48. The lowest BCUT2D eigenvalue weighted by atomic mass is 10.1. The van der Waals surface area contributed by atoms with Gasteiger partial charge in [0.15, 0.2) is 0 Å². The van der Waals surface area contributed by atoms with Gasteiger partial charge in [-0.05, 0) is 0 Å². The Hall–Kier alpha value is -0.130. The van der Waals surface area contributed by atoms with Crippen molar-refractivity contribution in [2.45, 2.75) is 13.0 Å². The minimum Gasteiger partial charge on any atom is -0.378 e. The molecule has 0 spiro atoms. The minimum atomic E-state index is -3.32. The van der Waals surface area contributed by atoms with Crippen molar-refractivity contribution >= 4 is 10.1 Å². The minimum absolute atomic E-state index is 0.171. The largest absolute Gasteiger partial charge is 0.378 e. The van der Waals surface area contributed by atoms with Crippen molar-refractivity contribution in [3.8, 4) is 0 Å². The molecule has 0 amide bonds. The fraction of sp³-hybridized carbons (Fsp3) is 1.00. The first-order valence-corrected chi connectivity index (χ1v) is 5.26. The summed E-state index contributed by atoms with van der Waals surface area (Å²) in [5.41, 5.74) is 0. The quantitative estimate of drug-likeness (QED) is 0.561. The van der Waals surface area contributed by atoms with Gasteiger partial charge in [0, 0.05) is 5.92 Å². The summed E-state index contributed by atoms with van der Waals surface area (Å²) in [7, 11) is -3.32. The Morgan fingerprint density at radius 1 is 1.45 bits per heavy atom. The lowest BCUT2D eigenvalue weighted by molar-refractivity contribution is 0.143. The van der Waals surface area contributed by atoms with E-state index in [2.05, 4.69) is 0 Å².